The number of thioether (sulfide) groups is 1. The van der Waals surface area contributed by atoms with Crippen LogP contribution < -0.4 is 5.32 Å². The summed E-state index contributed by atoms with van der Waals surface area (Å²) in [6.45, 7) is 9.97. The van der Waals surface area contributed by atoms with Gasteiger partial charge in [0, 0.05) is 12.0 Å². The van der Waals surface area contributed by atoms with E-state index in [-0.39, 0.29) is 10.3 Å². The van der Waals surface area contributed by atoms with Crippen molar-refractivity contribution in [2.75, 3.05) is 12.3 Å². The number of rotatable bonds is 5. The van der Waals surface area contributed by atoms with E-state index >= 15 is 0 Å². The molecule has 1 aliphatic rings. The van der Waals surface area contributed by atoms with Crippen LogP contribution in [0.15, 0.2) is 0 Å². The predicted octanol–water partition coefficient (Wildman–Crippen LogP) is 3.60. The van der Waals surface area contributed by atoms with Crippen molar-refractivity contribution in [2.24, 2.45) is 0 Å². The lowest BCUT2D eigenvalue weighted by Gasteiger charge is -2.20. The highest BCUT2D eigenvalue weighted by molar-refractivity contribution is 8.00. The molecule has 1 aromatic heterocycles. The second-order valence-corrected chi connectivity index (χ2v) is 9.12. The molecule has 0 bridgehead atoms. The molecule has 2 rings (SSSR count). The highest BCUT2D eigenvalue weighted by Crippen LogP contribution is 2.46. The Morgan fingerprint density at radius 3 is 2.74 bits per heavy atom. The summed E-state index contributed by atoms with van der Waals surface area (Å²) in [5, 5.41) is 14.7. The van der Waals surface area contributed by atoms with Crippen LogP contribution in [0.2, 0.25) is 0 Å². The van der Waals surface area contributed by atoms with E-state index in [2.05, 4.69) is 43.2 Å². The molecule has 5 heteroatoms. The van der Waals surface area contributed by atoms with Gasteiger partial charge < -0.3 is 5.32 Å². The molecule has 0 amide bonds. The van der Waals surface area contributed by atoms with Gasteiger partial charge in [-0.25, -0.2) is 0 Å². The van der Waals surface area contributed by atoms with E-state index in [1.54, 1.807) is 0 Å². The quantitative estimate of drug-likeness (QED) is 0.843. The van der Waals surface area contributed by atoms with Gasteiger partial charge in [0.1, 0.15) is 10.0 Å². The smallest absolute Gasteiger partial charge is 0.133 e. The molecule has 2 heterocycles. The highest BCUT2D eigenvalue weighted by atomic mass is 32.2. The van der Waals surface area contributed by atoms with Gasteiger partial charge >= 0.3 is 0 Å². The summed E-state index contributed by atoms with van der Waals surface area (Å²) in [6, 6.07) is 0. The number of hydrogen-bond donors (Lipinski definition) is 1. The largest absolute Gasteiger partial charge is 0.312 e. The van der Waals surface area contributed by atoms with Crippen molar-refractivity contribution in [3.63, 3.8) is 0 Å². The first kappa shape index (κ1) is 15.3. The summed E-state index contributed by atoms with van der Waals surface area (Å²) >= 11 is 3.85. The lowest BCUT2D eigenvalue weighted by Crippen LogP contribution is -2.36. The van der Waals surface area contributed by atoms with E-state index in [0.29, 0.717) is 0 Å². The van der Waals surface area contributed by atoms with Gasteiger partial charge in [-0.2, -0.15) is 0 Å². The zero-order chi connectivity index (χ0) is 13.9. The molecule has 108 valence electrons. The Morgan fingerprint density at radius 2 is 2.11 bits per heavy atom. The van der Waals surface area contributed by atoms with Crippen molar-refractivity contribution >= 4 is 23.1 Å². The predicted molar refractivity (Wildman–Crippen MR) is 85.0 cm³/mol. The van der Waals surface area contributed by atoms with E-state index in [4.69, 9.17) is 0 Å². The number of hydrogen-bond acceptors (Lipinski definition) is 5. The fourth-order valence-corrected chi connectivity index (χ4v) is 4.66. The summed E-state index contributed by atoms with van der Waals surface area (Å²) < 4.78 is 0.236. The van der Waals surface area contributed by atoms with Crippen LogP contribution in [0.4, 0.5) is 0 Å². The van der Waals surface area contributed by atoms with Gasteiger partial charge in [-0.1, -0.05) is 0 Å². The Kier molecular flexibility index (Phi) is 4.90. The topological polar surface area (TPSA) is 37.8 Å². The van der Waals surface area contributed by atoms with Gasteiger partial charge in [-0.15, -0.1) is 33.3 Å². The van der Waals surface area contributed by atoms with Crippen molar-refractivity contribution in [3.8, 4) is 0 Å². The van der Waals surface area contributed by atoms with E-state index in [1.807, 2.05) is 23.1 Å². The van der Waals surface area contributed by atoms with Crippen molar-refractivity contribution in [3.05, 3.63) is 10.0 Å². The van der Waals surface area contributed by atoms with Crippen LogP contribution in [0.3, 0.4) is 0 Å². The van der Waals surface area contributed by atoms with Crippen molar-refractivity contribution in [2.45, 2.75) is 63.7 Å². The van der Waals surface area contributed by atoms with Gasteiger partial charge in [0.05, 0.1) is 4.75 Å². The van der Waals surface area contributed by atoms with Crippen LogP contribution in [-0.2, 0) is 11.2 Å². The van der Waals surface area contributed by atoms with Gasteiger partial charge in [0.15, 0.2) is 0 Å². The maximum Gasteiger partial charge on any atom is 0.133 e. The lowest BCUT2D eigenvalue weighted by molar-refractivity contribution is 0.422. The fourth-order valence-electron chi connectivity index (χ4n) is 2.22. The Balaban J connectivity index is 1.81. The molecule has 1 atom stereocenters. The van der Waals surface area contributed by atoms with Crippen LogP contribution in [0.25, 0.3) is 0 Å². The number of aromatic nitrogens is 2. The second kappa shape index (κ2) is 6.10. The average Bonchev–Trinajstić information content (AvgIpc) is 2.93. The molecule has 0 aliphatic carbocycles. The standard InChI is InChI=1S/C14H25N3S2/c1-13(2,3)15-9-5-7-11-16-17-12(19-11)14(4)8-6-10-18-14/h15H,5-10H2,1-4H3. The SMILES string of the molecule is CC(C)(C)NCCCc1nnc(C2(C)CCCS2)s1. The molecule has 1 N–H and O–H groups in total. The highest BCUT2D eigenvalue weighted by Gasteiger charge is 2.34. The summed E-state index contributed by atoms with van der Waals surface area (Å²) in [6.07, 6.45) is 4.74. The van der Waals surface area contributed by atoms with Crippen LogP contribution in [-0.4, -0.2) is 28.0 Å². The van der Waals surface area contributed by atoms with Crippen molar-refractivity contribution in [1.29, 1.82) is 0 Å². The minimum absolute atomic E-state index is 0.209. The third-order valence-electron chi connectivity index (χ3n) is 3.36. The van der Waals surface area contributed by atoms with Gasteiger partial charge in [0.25, 0.3) is 0 Å². The third kappa shape index (κ3) is 4.43. The van der Waals surface area contributed by atoms with E-state index in [9.17, 15) is 0 Å². The molecule has 1 aliphatic heterocycles. The minimum Gasteiger partial charge on any atom is -0.312 e. The molecule has 0 radical (unpaired) electrons. The maximum absolute atomic E-state index is 4.42. The maximum atomic E-state index is 4.42. The lowest BCUT2D eigenvalue weighted by atomic mass is 10.1. The molecular weight excluding hydrogens is 274 g/mol. The molecule has 1 aromatic rings. The average molecular weight is 300 g/mol. The molecule has 0 aromatic carbocycles. The van der Waals surface area contributed by atoms with E-state index in [1.165, 1.54) is 28.6 Å². The van der Waals surface area contributed by atoms with Crippen molar-refractivity contribution in [1.82, 2.24) is 15.5 Å². The van der Waals surface area contributed by atoms with Gasteiger partial charge in [0.2, 0.25) is 0 Å². The molecule has 1 fully saturated rings. The summed E-state index contributed by atoms with van der Waals surface area (Å²) in [7, 11) is 0. The number of nitrogens with zero attached hydrogens (tertiary/aromatic N) is 2. The second-order valence-electron chi connectivity index (χ2n) is 6.46. The molecular formula is C14H25N3S2. The molecule has 3 nitrogen and oxygen atoms in total. The first-order valence-electron chi connectivity index (χ1n) is 7.11. The Morgan fingerprint density at radius 1 is 1.32 bits per heavy atom. The van der Waals surface area contributed by atoms with Crippen LogP contribution in [0, 0.1) is 0 Å². The molecule has 0 spiro atoms. The van der Waals surface area contributed by atoms with Gasteiger partial charge in [-0.05, 0) is 59.3 Å². The zero-order valence-corrected chi connectivity index (χ0v) is 14.1. The zero-order valence-electron chi connectivity index (χ0n) is 12.5. The molecule has 19 heavy (non-hydrogen) atoms. The van der Waals surface area contributed by atoms with E-state index < -0.39 is 0 Å². The summed E-state index contributed by atoms with van der Waals surface area (Å²) in [4.78, 5) is 0. The monoisotopic (exact) mass is 299 g/mol. The molecule has 1 saturated heterocycles. The number of aryl methyl sites for hydroxylation is 1. The van der Waals surface area contributed by atoms with Gasteiger partial charge in [-0.3, -0.25) is 0 Å². The van der Waals surface area contributed by atoms with Crippen LogP contribution in [0.1, 0.15) is 57.0 Å². The first-order valence-corrected chi connectivity index (χ1v) is 8.91. The molecule has 1 unspecified atom stereocenters. The van der Waals surface area contributed by atoms with Crippen molar-refractivity contribution < 1.29 is 0 Å². The summed E-state index contributed by atoms with van der Waals surface area (Å²) in [5.74, 6) is 1.26. The fraction of sp³-hybridized carbons (Fsp3) is 0.857. The number of nitrogens with one attached hydrogen (secondary N) is 1. The van der Waals surface area contributed by atoms with Crippen LogP contribution in [0.5, 0.6) is 0 Å². The Hall–Kier alpha value is -0.130. The minimum atomic E-state index is 0.209. The molecule has 0 saturated carbocycles. The first-order chi connectivity index (χ1) is 8.89. The summed E-state index contributed by atoms with van der Waals surface area (Å²) in [5.41, 5.74) is 0.209. The third-order valence-corrected chi connectivity index (χ3v) is 6.26. The normalized spacial score (nSPS) is 24.0. The Bertz CT molecular complexity index is 403. The van der Waals surface area contributed by atoms with E-state index in [0.717, 1.165) is 19.4 Å². The Labute approximate surface area is 125 Å². The van der Waals surface area contributed by atoms with Crippen LogP contribution >= 0.6 is 23.1 Å².